The standard InChI is InChI=1S/C13H15NO.ClH/c1-9(14)8-11-7-6-10-4-2-3-5-12(10)13(11)15;/h2-7,9,15H,8,14H2,1H3;1H. The molecule has 0 saturated carbocycles. The van der Waals surface area contributed by atoms with Crippen LogP contribution in [0.25, 0.3) is 10.8 Å². The number of phenolic OH excluding ortho intramolecular Hbond substituents is 1. The lowest BCUT2D eigenvalue weighted by Crippen LogP contribution is -2.17. The molecule has 0 fully saturated rings. The first-order valence-electron chi connectivity index (χ1n) is 5.13. The van der Waals surface area contributed by atoms with E-state index < -0.39 is 0 Å². The van der Waals surface area contributed by atoms with E-state index in [4.69, 9.17) is 5.73 Å². The normalized spacial score (nSPS) is 12.1. The predicted octanol–water partition coefficient (Wildman–Crippen LogP) is 2.86. The van der Waals surface area contributed by atoms with Crippen LogP contribution in [0.1, 0.15) is 12.5 Å². The Morgan fingerprint density at radius 2 is 1.88 bits per heavy atom. The van der Waals surface area contributed by atoms with Crippen molar-refractivity contribution in [2.45, 2.75) is 19.4 Å². The highest BCUT2D eigenvalue weighted by atomic mass is 35.5. The molecule has 16 heavy (non-hydrogen) atoms. The van der Waals surface area contributed by atoms with Gasteiger partial charge in [-0.2, -0.15) is 0 Å². The molecule has 0 aromatic heterocycles. The number of aromatic hydroxyl groups is 1. The van der Waals surface area contributed by atoms with Crippen LogP contribution < -0.4 is 5.73 Å². The molecule has 1 unspecified atom stereocenters. The fourth-order valence-electron chi connectivity index (χ4n) is 1.81. The first kappa shape index (κ1) is 12.8. The van der Waals surface area contributed by atoms with Crippen LogP contribution in [0.2, 0.25) is 0 Å². The van der Waals surface area contributed by atoms with E-state index in [2.05, 4.69) is 0 Å². The van der Waals surface area contributed by atoms with Crippen molar-refractivity contribution in [3.63, 3.8) is 0 Å². The molecule has 0 saturated heterocycles. The minimum atomic E-state index is 0. The quantitative estimate of drug-likeness (QED) is 0.844. The number of hydrogen-bond donors (Lipinski definition) is 2. The number of halogens is 1. The summed E-state index contributed by atoms with van der Waals surface area (Å²) in [6.07, 6.45) is 0.705. The molecule has 1 atom stereocenters. The van der Waals surface area contributed by atoms with E-state index in [1.54, 1.807) is 0 Å². The summed E-state index contributed by atoms with van der Waals surface area (Å²) in [5.41, 5.74) is 6.65. The second-order valence-corrected chi connectivity index (χ2v) is 3.98. The maximum atomic E-state index is 10.0. The average molecular weight is 238 g/mol. The largest absolute Gasteiger partial charge is 0.507 e. The molecular weight excluding hydrogens is 222 g/mol. The lowest BCUT2D eigenvalue weighted by molar-refractivity contribution is 0.472. The Hall–Kier alpha value is -1.25. The molecular formula is C13H16ClNO. The Kier molecular flexibility index (Phi) is 4.16. The molecule has 2 rings (SSSR count). The van der Waals surface area contributed by atoms with Crippen LogP contribution >= 0.6 is 12.4 Å². The Labute approximate surface area is 101 Å². The molecule has 3 heteroatoms. The Balaban J connectivity index is 0.00000128. The summed E-state index contributed by atoms with van der Waals surface area (Å²) in [7, 11) is 0. The molecule has 0 heterocycles. The lowest BCUT2D eigenvalue weighted by Gasteiger charge is -2.09. The molecule has 0 aliphatic rings. The van der Waals surface area contributed by atoms with Gasteiger partial charge in [0.25, 0.3) is 0 Å². The molecule has 2 aromatic carbocycles. The second kappa shape index (κ2) is 5.19. The van der Waals surface area contributed by atoms with E-state index in [1.807, 2.05) is 43.3 Å². The third kappa shape index (κ3) is 2.46. The summed E-state index contributed by atoms with van der Waals surface area (Å²) in [5.74, 6) is 0.366. The van der Waals surface area contributed by atoms with Crippen LogP contribution in [0.15, 0.2) is 36.4 Å². The SMILES string of the molecule is CC(N)Cc1ccc2ccccc2c1O.Cl. The van der Waals surface area contributed by atoms with Gasteiger partial charge in [-0.05, 0) is 24.3 Å². The van der Waals surface area contributed by atoms with Crippen molar-refractivity contribution in [2.24, 2.45) is 5.73 Å². The number of phenols is 1. The van der Waals surface area contributed by atoms with Gasteiger partial charge in [0.1, 0.15) is 5.75 Å². The van der Waals surface area contributed by atoms with E-state index in [0.717, 1.165) is 16.3 Å². The van der Waals surface area contributed by atoms with Crippen molar-refractivity contribution >= 4 is 23.2 Å². The van der Waals surface area contributed by atoms with Gasteiger partial charge < -0.3 is 10.8 Å². The Morgan fingerprint density at radius 1 is 1.19 bits per heavy atom. The molecule has 0 spiro atoms. The molecule has 86 valence electrons. The van der Waals surface area contributed by atoms with Gasteiger partial charge >= 0.3 is 0 Å². The summed E-state index contributed by atoms with van der Waals surface area (Å²) >= 11 is 0. The van der Waals surface area contributed by atoms with E-state index in [-0.39, 0.29) is 18.4 Å². The lowest BCUT2D eigenvalue weighted by atomic mass is 10.0. The summed E-state index contributed by atoms with van der Waals surface area (Å²) in [4.78, 5) is 0. The first-order valence-corrected chi connectivity index (χ1v) is 5.13. The number of nitrogens with two attached hydrogens (primary N) is 1. The van der Waals surface area contributed by atoms with Crippen molar-refractivity contribution in [3.8, 4) is 5.75 Å². The summed E-state index contributed by atoms with van der Waals surface area (Å²) in [5, 5.41) is 12.0. The van der Waals surface area contributed by atoms with Crippen molar-refractivity contribution in [1.29, 1.82) is 0 Å². The average Bonchev–Trinajstić information content (AvgIpc) is 2.22. The van der Waals surface area contributed by atoms with Crippen LogP contribution in [-0.4, -0.2) is 11.1 Å². The number of rotatable bonds is 2. The summed E-state index contributed by atoms with van der Waals surface area (Å²) < 4.78 is 0. The maximum absolute atomic E-state index is 10.0. The van der Waals surface area contributed by atoms with Crippen LogP contribution in [0.3, 0.4) is 0 Å². The van der Waals surface area contributed by atoms with Gasteiger partial charge in [0.05, 0.1) is 0 Å². The number of hydrogen-bond acceptors (Lipinski definition) is 2. The molecule has 0 aliphatic heterocycles. The van der Waals surface area contributed by atoms with Crippen LogP contribution in [-0.2, 0) is 6.42 Å². The maximum Gasteiger partial charge on any atom is 0.126 e. The smallest absolute Gasteiger partial charge is 0.126 e. The van der Waals surface area contributed by atoms with E-state index >= 15 is 0 Å². The second-order valence-electron chi connectivity index (χ2n) is 3.98. The minimum absolute atomic E-state index is 0. The Morgan fingerprint density at radius 3 is 2.56 bits per heavy atom. The van der Waals surface area contributed by atoms with E-state index in [0.29, 0.717) is 12.2 Å². The van der Waals surface area contributed by atoms with E-state index in [9.17, 15) is 5.11 Å². The predicted molar refractivity (Wildman–Crippen MR) is 70.2 cm³/mol. The number of fused-ring (bicyclic) bond motifs is 1. The highest BCUT2D eigenvalue weighted by Gasteiger charge is 2.07. The monoisotopic (exact) mass is 237 g/mol. The zero-order valence-corrected chi connectivity index (χ0v) is 10.00. The van der Waals surface area contributed by atoms with Crippen molar-refractivity contribution < 1.29 is 5.11 Å². The van der Waals surface area contributed by atoms with Gasteiger partial charge in [-0.3, -0.25) is 0 Å². The molecule has 3 N–H and O–H groups in total. The van der Waals surface area contributed by atoms with Gasteiger partial charge in [-0.1, -0.05) is 36.4 Å². The highest BCUT2D eigenvalue weighted by molar-refractivity contribution is 5.89. The van der Waals surface area contributed by atoms with Gasteiger partial charge in [0.15, 0.2) is 0 Å². The van der Waals surface area contributed by atoms with Crippen molar-refractivity contribution in [3.05, 3.63) is 42.0 Å². The fourth-order valence-corrected chi connectivity index (χ4v) is 1.81. The van der Waals surface area contributed by atoms with Crippen LogP contribution in [0, 0.1) is 0 Å². The molecule has 2 nitrogen and oxygen atoms in total. The zero-order valence-electron chi connectivity index (χ0n) is 9.18. The highest BCUT2D eigenvalue weighted by Crippen LogP contribution is 2.28. The van der Waals surface area contributed by atoms with Gasteiger partial charge in [0.2, 0.25) is 0 Å². The first-order chi connectivity index (χ1) is 7.18. The van der Waals surface area contributed by atoms with Crippen LogP contribution in [0.4, 0.5) is 0 Å². The van der Waals surface area contributed by atoms with Gasteiger partial charge in [0, 0.05) is 11.4 Å². The van der Waals surface area contributed by atoms with Crippen LogP contribution in [0.5, 0.6) is 5.75 Å². The fraction of sp³-hybridized carbons (Fsp3) is 0.231. The molecule has 0 amide bonds. The van der Waals surface area contributed by atoms with Crippen molar-refractivity contribution in [2.75, 3.05) is 0 Å². The summed E-state index contributed by atoms with van der Waals surface area (Å²) in [6, 6.07) is 11.8. The summed E-state index contributed by atoms with van der Waals surface area (Å²) in [6.45, 7) is 1.94. The molecule has 0 bridgehead atoms. The molecule has 2 aromatic rings. The third-order valence-corrected chi connectivity index (χ3v) is 2.53. The van der Waals surface area contributed by atoms with Gasteiger partial charge in [-0.25, -0.2) is 0 Å². The van der Waals surface area contributed by atoms with E-state index in [1.165, 1.54) is 0 Å². The minimum Gasteiger partial charge on any atom is -0.507 e. The Bertz CT molecular complexity index is 482. The number of benzene rings is 2. The van der Waals surface area contributed by atoms with Gasteiger partial charge in [-0.15, -0.1) is 12.4 Å². The molecule has 0 radical (unpaired) electrons. The topological polar surface area (TPSA) is 46.2 Å². The zero-order chi connectivity index (χ0) is 10.8. The van der Waals surface area contributed by atoms with Crippen molar-refractivity contribution in [1.82, 2.24) is 0 Å². The molecule has 0 aliphatic carbocycles. The third-order valence-electron chi connectivity index (χ3n) is 2.53.